The monoisotopic (exact) mass is 186 g/mol. The van der Waals surface area contributed by atoms with Crippen LogP contribution in [0.15, 0.2) is 0 Å². The maximum absolute atomic E-state index is 5.07. The minimum absolute atomic E-state index is 0.685. The van der Waals surface area contributed by atoms with Gasteiger partial charge in [0.05, 0.1) is 6.61 Å². The van der Waals surface area contributed by atoms with Crippen molar-refractivity contribution in [1.82, 2.24) is 4.90 Å². The van der Waals surface area contributed by atoms with Crippen LogP contribution in [-0.2, 0) is 4.84 Å². The van der Waals surface area contributed by atoms with Gasteiger partial charge >= 0.3 is 0 Å². The molecule has 0 spiro atoms. The molecule has 1 saturated heterocycles. The van der Waals surface area contributed by atoms with Crippen molar-refractivity contribution in [2.75, 3.05) is 19.7 Å². The van der Waals surface area contributed by atoms with E-state index in [-0.39, 0.29) is 0 Å². The summed E-state index contributed by atoms with van der Waals surface area (Å²) in [6.07, 6.45) is 3.72. The first-order valence-corrected chi connectivity index (χ1v) is 5.33. The highest BCUT2D eigenvalue weighted by molar-refractivity contribution is 4.75. The molecule has 1 heterocycles. The highest BCUT2D eigenvalue weighted by Gasteiger charge is 2.21. The molecule has 0 bridgehead atoms. The summed E-state index contributed by atoms with van der Waals surface area (Å²) in [5, 5.41) is 0. The van der Waals surface area contributed by atoms with Gasteiger partial charge in [-0.3, -0.25) is 0 Å². The summed E-state index contributed by atoms with van der Waals surface area (Å²) in [4.78, 5) is 7.25. The molecule has 78 valence electrons. The van der Waals surface area contributed by atoms with Crippen LogP contribution in [0.2, 0.25) is 0 Å². The maximum atomic E-state index is 5.07. The lowest BCUT2D eigenvalue weighted by Gasteiger charge is -2.35. The van der Waals surface area contributed by atoms with E-state index >= 15 is 0 Å². The molecule has 3 nitrogen and oxygen atoms in total. The zero-order valence-corrected chi connectivity index (χ0v) is 8.83. The van der Waals surface area contributed by atoms with Crippen molar-refractivity contribution in [2.45, 2.75) is 39.2 Å². The normalized spacial score (nSPS) is 23.3. The molecule has 1 fully saturated rings. The van der Waals surface area contributed by atoms with Crippen molar-refractivity contribution in [1.29, 1.82) is 0 Å². The van der Waals surface area contributed by atoms with Gasteiger partial charge in [0.2, 0.25) is 0 Å². The Kier molecular flexibility index (Phi) is 4.70. The summed E-state index contributed by atoms with van der Waals surface area (Å²) in [5.41, 5.74) is 0. The molecule has 1 unspecified atom stereocenters. The molecule has 0 radical (unpaired) electrons. The van der Waals surface area contributed by atoms with E-state index in [9.17, 15) is 0 Å². The van der Waals surface area contributed by atoms with Crippen molar-refractivity contribution < 1.29 is 4.84 Å². The van der Waals surface area contributed by atoms with Crippen molar-refractivity contribution in [3.8, 4) is 0 Å². The zero-order chi connectivity index (χ0) is 9.68. The predicted molar refractivity (Wildman–Crippen MR) is 54.2 cm³/mol. The largest absolute Gasteiger partial charge is 0.304 e. The Morgan fingerprint density at radius 1 is 1.46 bits per heavy atom. The second-order valence-corrected chi connectivity index (χ2v) is 4.07. The van der Waals surface area contributed by atoms with Gasteiger partial charge in [-0.25, -0.2) is 5.90 Å². The van der Waals surface area contributed by atoms with Gasteiger partial charge in [-0.15, -0.1) is 0 Å². The first-order chi connectivity index (χ1) is 6.27. The molecule has 0 aromatic heterocycles. The van der Waals surface area contributed by atoms with E-state index in [0.29, 0.717) is 5.92 Å². The van der Waals surface area contributed by atoms with Crippen LogP contribution in [0.1, 0.15) is 33.1 Å². The van der Waals surface area contributed by atoms with E-state index < -0.39 is 0 Å². The molecule has 1 rings (SSSR count). The quantitative estimate of drug-likeness (QED) is 0.674. The third-order valence-corrected chi connectivity index (χ3v) is 3.20. The fourth-order valence-electron chi connectivity index (χ4n) is 1.95. The van der Waals surface area contributed by atoms with Gasteiger partial charge in [0.25, 0.3) is 0 Å². The minimum Gasteiger partial charge on any atom is -0.304 e. The van der Waals surface area contributed by atoms with Crippen molar-refractivity contribution in [3.05, 3.63) is 0 Å². The van der Waals surface area contributed by atoms with Gasteiger partial charge in [-0.2, -0.15) is 0 Å². The molecule has 2 N–H and O–H groups in total. The number of nitrogens with two attached hydrogens (primary N) is 1. The Morgan fingerprint density at radius 3 is 2.54 bits per heavy atom. The number of rotatable bonds is 4. The Bertz CT molecular complexity index is 133. The van der Waals surface area contributed by atoms with E-state index in [1.807, 2.05) is 0 Å². The summed E-state index contributed by atoms with van der Waals surface area (Å²) in [6, 6.07) is 0.736. The fraction of sp³-hybridized carbons (Fsp3) is 1.00. The lowest BCUT2D eigenvalue weighted by atomic mass is 9.96. The van der Waals surface area contributed by atoms with Crippen molar-refractivity contribution >= 4 is 0 Å². The molecule has 0 aromatic carbocycles. The lowest BCUT2D eigenvalue weighted by molar-refractivity contribution is 0.0572. The summed E-state index contributed by atoms with van der Waals surface area (Å²) < 4.78 is 0. The van der Waals surface area contributed by atoms with E-state index in [0.717, 1.165) is 12.6 Å². The van der Waals surface area contributed by atoms with Gasteiger partial charge in [0, 0.05) is 6.04 Å². The average molecular weight is 186 g/mol. The number of likely N-dealkylation sites (tertiary alicyclic amines) is 1. The molecule has 0 amide bonds. The zero-order valence-electron chi connectivity index (χ0n) is 8.83. The lowest BCUT2D eigenvalue weighted by Crippen LogP contribution is -2.40. The molecule has 13 heavy (non-hydrogen) atoms. The van der Waals surface area contributed by atoms with Crippen LogP contribution in [0.25, 0.3) is 0 Å². The summed E-state index contributed by atoms with van der Waals surface area (Å²) in [7, 11) is 0. The van der Waals surface area contributed by atoms with E-state index in [1.54, 1.807) is 0 Å². The molecule has 1 atom stereocenters. The number of hydrogen-bond donors (Lipinski definition) is 1. The van der Waals surface area contributed by atoms with E-state index in [4.69, 9.17) is 5.90 Å². The molecule has 1 aliphatic rings. The molecule has 0 aliphatic carbocycles. The van der Waals surface area contributed by atoms with Crippen molar-refractivity contribution in [2.24, 2.45) is 11.8 Å². The van der Waals surface area contributed by atoms with Crippen LogP contribution in [0.4, 0.5) is 0 Å². The van der Waals surface area contributed by atoms with Crippen LogP contribution in [-0.4, -0.2) is 30.6 Å². The third kappa shape index (κ3) is 3.25. The van der Waals surface area contributed by atoms with Crippen molar-refractivity contribution in [3.63, 3.8) is 0 Å². The summed E-state index contributed by atoms with van der Waals surface area (Å²) >= 11 is 0. The topological polar surface area (TPSA) is 38.5 Å². The van der Waals surface area contributed by atoms with Crippen LogP contribution in [0.3, 0.4) is 0 Å². The molecular formula is C10H22N2O. The first kappa shape index (κ1) is 11.0. The van der Waals surface area contributed by atoms with Crippen LogP contribution >= 0.6 is 0 Å². The van der Waals surface area contributed by atoms with Crippen LogP contribution in [0.5, 0.6) is 0 Å². The van der Waals surface area contributed by atoms with Gasteiger partial charge in [-0.1, -0.05) is 6.92 Å². The Morgan fingerprint density at radius 2 is 2.08 bits per heavy atom. The average Bonchev–Trinajstić information content (AvgIpc) is 2.18. The highest BCUT2D eigenvalue weighted by atomic mass is 16.6. The minimum atomic E-state index is 0.685. The maximum Gasteiger partial charge on any atom is 0.0708 e. The molecule has 1 aliphatic heterocycles. The number of hydrogen-bond acceptors (Lipinski definition) is 3. The number of piperidine rings is 1. The Balaban J connectivity index is 2.22. The van der Waals surface area contributed by atoms with Gasteiger partial charge in [0.1, 0.15) is 0 Å². The summed E-state index contributed by atoms with van der Waals surface area (Å²) in [6.45, 7) is 7.71. The first-order valence-electron chi connectivity index (χ1n) is 5.33. The molecular weight excluding hydrogens is 164 g/mol. The molecule has 0 saturated carbocycles. The summed E-state index contributed by atoms with van der Waals surface area (Å²) in [5.74, 6) is 5.75. The molecule has 0 aromatic rings. The fourth-order valence-corrected chi connectivity index (χ4v) is 1.95. The second-order valence-electron chi connectivity index (χ2n) is 4.07. The smallest absolute Gasteiger partial charge is 0.0708 e. The van der Waals surface area contributed by atoms with Gasteiger partial charge < -0.3 is 9.74 Å². The Labute approximate surface area is 81.2 Å². The van der Waals surface area contributed by atoms with Crippen LogP contribution in [0, 0.1) is 5.92 Å². The SMILES string of the molecule is CCC(C)N1CCC(CON)CC1. The number of nitrogens with zero attached hydrogens (tertiary/aromatic N) is 1. The molecule has 3 heteroatoms. The highest BCUT2D eigenvalue weighted by Crippen LogP contribution is 2.19. The Hall–Kier alpha value is -0.120. The van der Waals surface area contributed by atoms with Gasteiger partial charge in [0.15, 0.2) is 0 Å². The third-order valence-electron chi connectivity index (χ3n) is 3.20. The standard InChI is InChI=1S/C10H22N2O/c1-3-9(2)12-6-4-10(5-7-12)8-13-11/h9-10H,3-8,11H2,1-2H3. The van der Waals surface area contributed by atoms with Gasteiger partial charge in [-0.05, 0) is 45.2 Å². The van der Waals surface area contributed by atoms with E-state index in [2.05, 4.69) is 23.6 Å². The van der Waals surface area contributed by atoms with E-state index in [1.165, 1.54) is 32.4 Å². The predicted octanol–water partition coefficient (Wildman–Crippen LogP) is 1.39. The second kappa shape index (κ2) is 5.58. The van der Waals surface area contributed by atoms with Crippen LogP contribution < -0.4 is 5.90 Å².